The van der Waals surface area contributed by atoms with Gasteiger partial charge in [0.25, 0.3) is 0 Å². The minimum atomic E-state index is -0.181. The number of unbranched alkanes of at least 4 members (excludes halogenated alkanes) is 1. The highest BCUT2D eigenvalue weighted by Gasteiger charge is 1.97. The summed E-state index contributed by atoms with van der Waals surface area (Å²) in [6, 6.07) is 0. The number of halogens is 3. The first kappa shape index (κ1) is 19.4. The zero-order valence-corrected chi connectivity index (χ0v) is 9.95. The van der Waals surface area contributed by atoms with E-state index in [9.17, 15) is 13.2 Å². The molecule has 0 saturated carbocycles. The molecule has 0 aliphatic carbocycles. The molecule has 3 heteroatoms. The SMILES string of the molecule is CCCCC(C)CF.CCCF.CF. The second-order valence-corrected chi connectivity index (χ2v) is 3.09. The van der Waals surface area contributed by atoms with E-state index >= 15 is 0 Å². The number of hydrogen-bond acceptors (Lipinski definition) is 0. The van der Waals surface area contributed by atoms with E-state index in [1.807, 2.05) is 6.92 Å². The van der Waals surface area contributed by atoms with Crippen LogP contribution in [0, 0.1) is 5.92 Å². The summed E-state index contributed by atoms with van der Waals surface area (Å²) < 4.78 is 31.9. The summed E-state index contributed by atoms with van der Waals surface area (Å²) in [5, 5.41) is 0. The van der Waals surface area contributed by atoms with Crippen molar-refractivity contribution in [2.45, 2.75) is 46.5 Å². The van der Waals surface area contributed by atoms with E-state index in [2.05, 4.69) is 6.92 Å². The van der Waals surface area contributed by atoms with E-state index in [4.69, 9.17) is 0 Å². The summed E-state index contributed by atoms with van der Waals surface area (Å²) in [6.07, 6.45) is 4.06. The smallest absolute Gasteiger partial charge is 0.0919 e. The second kappa shape index (κ2) is 23.0. The Morgan fingerprint density at radius 3 is 1.64 bits per heavy atom. The van der Waals surface area contributed by atoms with Crippen molar-refractivity contribution >= 4 is 0 Å². The van der Waals surface area contributed by atoms with Crippen LogP contribution in [0.4, 0.5) is 13.2 Å². The van der Waals surface area contributed by atoms with Gasteiger partial charge >= 0.3 is 0 Å². The quantitative estimate of drug-likeness (QED) is 0.620. The van der Waals surface area contributed by atoms with E-state index < -0.39 is 0 Å². The third-order valence-electron chi connectivity index (χ3n) is 1.50. The van der Waals surface area contributed by atoms with Crippen molar-refractivity contribution < 1.29 is 13.2 Å². The van der Waals surface area contributed by atoms with Crippen molar-refractivity contribution in [1.82, 2.24) is 0 Å². The molecule has 0 aromatic carbocycles. The summed E-state index contributed by atoms with van der Waals surface area (Å²) in [6.45, 7) is 5.56. The minimum Gasteiger partial charge on any atom is -0.255 e. The Morgan fingerprint density at radius 2 is 1.43 bits per heavy atom. The van der Waals surface area contributed by atoms with Crippen LogP contribution in [0.2, 0.25) is 0 Å². The maximum absolute atomic E-state index is 11.7. The Bertz CT molecular complexity index is 65.6. The van der Waals surface area contributed by atoms with Crippen LogP contribution in [0.1, 0.15) is 46.5 Å². The van der Waals surface area contributed by atoms with Crippen LogP contribution in [0.5, 0.6) is 0 Å². The topological polar surface area (TPSA) is 0 Å². The summed E-state index contributed by atoms with van der Waals surface area (Å²) >= 11 is 0. The molecule has 0 aliphatic rings. The predicted molar refractivity (Wildman–Crippen MR) is 58.0 cm³/mol. The predicted octanol–water partition coefficient (Wildman–Crippen LogP) is 4.73. The monoisotopic (exact) mass is 214 g/mol. The minimum absolute atomic E-state index is 0.153. The van der Waals surface area contributed by atoms with Gasteiger partial charge < -0.3 is 0 Å². The fraction of sp³-hybridized carbons (Fsp3) is 1.00. The Hall–Kier alpha value is -0.210. The summed E-state index contributed by atoms with van der Waals surface area (Å²) in [7, 11) is 0.500. The Kier molecular flexibility index (Phi) is 31.8. The molecule has 1 unspecified atom stereocenters. The Morgan fingerprint density at radius 1 is 1.00 bits per heavy atom. The van der Waals surface area contributed by atoms with Crippen LogP contribution in [-0.4, -0.2) is 20.5 Å². The molecule has 0 nitrogen and oxygen atoms in total. The number of rotatable bonds is 5. The molecule has 0 saturated heterocycles. The third-order valence-corrected chi connectivity index (χ3v) is 1.50. The first-order valence-corrected chi connectivity index (χ1v) is 5.22. The van der Waals surface area contributed by atoms with Gasteiger partial charge in [-0.2, -0.15) is 0 Å². The average molecular weight is 214 g/mol. The van der Waals surface area contributed by atoms with Crippen molar-refractivity contribution in [3.05, 3.63) is 0 Å². The standard InChI is InChI=1S/C7H15F.C3H7F.CH3F/c1-3-4-5-7(2)6-8;1-2-3-4;1-2/h7H,3-6H2,1-2H3;2-3H2,1H3;1H3. The fourth-order valence-electron chi connectivity index (χ4n) is 0.630. The molecule has 0 aromatic heterocycles. The van der Waals surface area contributed by atoms with Gasteiger partial charge in [-0.15, -0.1) is 0 Å². The zero-order chi connectivity index (χ0) is 11.8. The molecule has 0 heterocycles. The van der Waals surface area contributed by atoms with E-state index in [1.165, 1.54) is 12.8 Å². The van der Waals surface area contributed by atoms with Gasteiger partial charge in [0, 0.05) is 0 Å². The molecule has 0 amide bonds. The molecule has 0 N–H and O–H groups in total. The van der Waals surface area contributed by atoms with E-state index in [0.29, 0.717) is 13.6 Å². The van der Waals surface area contributed by atoms with Crippen LogP contribution >= 0.6 is 0 Å². The summed E-state index contributed by atoms with van der Waals surface area (Å²) in [5.74, 6) is 0.287. The van der Waals surface area contributed by atoms with E-state index in [0.717, 1.165) is 6.42 Å². The van der Waals surface area contributed by atoms with Crippen molar-refractivity contribution in [1.29, 1.82) is 0 Å². The van der Waals surface area contributed by atoms with Crippen LogP contribution in [0.25, 0.3) is 0 Å². The molecular formula is C11H25F3. The molecular weight excluding hydrogens is 189 g/mol. The average Bonchev–Trinajstić information content (AvgIpc) is 2.28. The van der Waals surface area contributed by atoms with Gasteiger partial charge in [-0.3, -0.25) is 13.2 Å². The van der Waals surface area contributed by atoms with Gasteiger partial charge in [0.05, 0.1) is 20.5 Å². The molecule has 90 valence electrons. The number of alkyl halides is 3. The largest absolute Gasteiger partial charge is 0.255 e. The highest BCUT2D eigenvalue weighted by molar-refractivity contribution is 4.48. The lowest BCUT2D eigenvalue weighted by Crippen LogP contribution is -1.94. The first-order valence-electron chi connectivity index (χ1n) is 5.22. The van der Waals surface area contributed by atoms with Crippen LogP contribution in [-0.2, 0) is 0 Å². The highest BCUT2D eigenvalue weighted by atomic mass is 19.1. The number of hydrogen-bond donors (Lipinski definition) is 0. The van der Waals surface area contributed by atoms with Gasteiger partial charge in [-0.05, 0) is 18.8 Å². The lowest BCUT2D eigenvalue weighted by molar-refractivity contribution is 0.359. The van der Waals surface area contributed by atoms with Crippen molar-refractivity contribution in [2.24, 2.45) is 5.92 Å². The van der Waals surface area contributed by atoms with Gasteiger partial charge in [-0.1, -0.05) is 33.6 Å². The molecule has 14 heavy (non-hydrogen) atoms. The first-order chi connectivity index (χ1) is 6.72. The molecule has 0 fully saturated rings. The molecule has 1 atom stereocenters. The van der Waals surface area contributed by atoms with Crippen LogP contribution in [0.15, 0.2) is 0 Å². The Balaban J connectivity index is -0.000000170. The maximum Gasteiger partial charge on any atom is 0.0919 e. The van der Waals surface area contributed by atoms with E-state index in [1.54, 1.807) is 6.92 Å². The van der Waals surface area contributed by atoms with Gasteiger partial charge in [0.15, 0.2) is 0 Å². The lowest BCUT2D eigenvalue weighted by atomic mass is 10.1. The van der Waals surface area contributed by atoms with Crippen LogP contribution in [0.3, 0.4) is 0 Å². The van der Waals surface area contributed by atoms with E-state index in [-0.39, 0.29) is 19.3 Å². The normalized spacial score (nSPS) is 10.5. The fourth-order valence-corrected chi connectivity index (χ4v) is 0.630. The Labute approximate surface area is 86.9 Å². The molecule has 0 radical (unpaired) electrons. The van der Waals surface area contributed by atoms with Gasteiger partial charge in [-0.25, -0.2) is 0 Å². The second-order valence-electron chi connectivity index (χ2n) is 3.09. The molecule has 0 rings (SSSR count). The molecule has 0 spiro atoms. The maximum atomic E-state index is 11.7. The molecule has 0 aromatic rings. The van der Waals surface area contributed by atoms with Crippen molar-refractivity contribution in [2.75, 3.05) is 20.5 Å². The molecule has 0 aliphatic heterocycles. The van der Waals surface area contributed by atoms with Gasteiger partial charge in [0.2, 0.25) is 0 Å². The van der Waals surface area contributed by atoms with Crippen molar-refractivity contribution in [3.63, 3.8) is 0 Å². The lowest BCUT2D eigenvalue weighted by Gasteiger charge is -2.02. The summed E-state index contributed by atoms with van der Waals surface area (Å²) in [5.41, 5.74) is 0. The highest BCUT2D eigenvalue weighted by Crippen LogP contribution is 2.06. The zero-order valence-electron chi connectivity index (χ0n) is 9.95. The molecule has 0 bridgehead atoms. The van der Waals surface area contributed by atoms with Gasteiger partial charge in [0.1, 0.15) is 0 Å². The van der Waals surface area contributed by atoms with Crippen molar-refractivity contribution in [3.8, 4) is 0 Å². The third kappa shape index (κ3) is 29.8. The van der Waals surface area contributed by atoms with Crippen LogP contribution < -0.4 is 0 Å². The summed E-state index contributed by atoms with van der Waals surface area (Å²) in [4.78, 5) is 0.